The molecular weight excluding hydrogens is 534 g/mol. The first-order valence-corrected chi connectivity index (χ1v) is 13.2. The number of anilines is 1. The summed E-state index contributed by atoms with van der Waals surface area (Å²) in [7, 11) is -4.35. The lowest BCUT2D eigenvalue weighted by atomic mass is 10.2. The van der Waals surface area contributed by atoms with Crippen LogP contribution in [0, 0.1) is 17.0 Å². The van der Waals surface area contributed by atoms with Gasteiger partial charge in [0.05, 0.1) is 9.83 Å². The minimum Gasteiger partial charge on any atom is -0.379 e. The topological polar surface area (TPSA) is 153 Å². The van der Waals surface area contributed by atoms with E-state index < -0.39 is 38.6 Å². The molecule has 0 spiro atoms. The number of nitrogens with zero attached hydrogens (tertiary/aromatic N) is 2. The van der Waals surface area contributed by atoms with E-state index in [1.807, 2.05) is 0 Å². The summed E-state index contributed by atoms with van der Waals surface area (Å²) in [6.45, 7) is 1.04. The molecule has 3 aromatic carbocycles. The van der Waals surface area contributed by atoms with Crippen molar-refractivity contribution in [3.05, 3.63) is 98.9 Å². The van der Waals surface area contributed by atoms with Crippen molar-refractivity contribution in [3.8, 4) is 5.75 Å². The molecule has 0 atom stereocenters. The number of hydrogen-bond acceptors (Lipinski definition) is 9. The lowest BCUT2D eigenvalue weighted by Crippen LogP contribution is -2.36. The maximum atomic E-state index is 12.7. The Kier molecular flexibility index (Phi) is 7.60. The average Bonchev–Trinajstić information content (AvgIpc) is 3.12. The number of carbonyl (C=O) groups is 3. The number of nitro benzene ring substituents is 1. The Balaban J connectivity index is 1.43. The Morgan fingerprint density at radius 3 is 2.42 bits per heavy atom. The average molecular weight is 554 g/mol. The van der Waals surface area contributed by atoms with E-state index in [1.165, 1.54) is 49.4 Å². The van der Waals surface area contributed by atoms with Crippen LogP contribution in [0.3, 0.4) is 0 Å². The van der Waals surface area contributed by atoms with Crippen molar-refractivity contribution < 1.29 is 31.9 Å². The van der Waals surface area contributed by atoms with Gasteiger partial charge in [0.25, 0.3) is 16.8 Å². The fraction of sp³-hybridized carbons (Fsp3) is 0.0800. The van der Waals surface area contributed by atoms with Crippen molar-refractivity contribution in [3.63, 3.8) is 0 Å². The third-order valence-electron chi connectivity index (χ3n) is 5.28. The highest BCUT2D eigenvalue weighted by atomic mass is 32.2. The van der Waals surface area contributed by atoms with Crippen LogP contribution in [-0.2, 0) is 19.7 Å². The number of rotatable bonds is 8. The summed E-state index contributed by atoms with van der Waals surface area (Å²) in [6, 6.07) is 17.7. The SMILES string of the molecule is Cc1ccc(S(=O)(=O)Oc2ccc(/C=C3\SC(=O)N(CC(=O)Nc4ccccc4)C3=O)cc2)cc1[N+](=O)[O-]. The van der Waals surface area contributed by atoms with Gasteiger partial charge in [0, 0.05) is 17.3 Å². The molecule has 38 heavy (non-hydrogen) atoms. The minimum atomic E-state index is -4.35. The van der Waals surface area contributed by atoms with Crippen LogP contribution in [0.1, 0.15) is 11.1 Å². The third kappa shape index (κ3) is 6.07. The summed E-state index contributed by atoms with van der Waals surface area (Å²) in [5.74, 6) is -1.22. The molecule has 194 valence electrons. The predicted molar refractivity (Wildman–Crippen MR) is 140 cm³/mol. The van der Waals surface area contributed by atoms with Crippen molar-refractivity contribution in [2.45, 2.75) is 11.8 Å². The number of hydrogen-bond donors (Lipinski definition) is 1. The number of nitro groups is 1. The third-order valence-corrected chi connectivity index (χ3v) is 7.43. The minimum absolute atomic E-state index is 0.0592. The molecule has 0 saturated carbocycles. The van der Waals surface area contributed by atoms with Gasteiger partial charge in [-0.25, -0.2) is 0 Å². The summed E-state index contributed by atoms with van der Waals surface area (Å²) >= 11 is 0.678. The van der Waals surface area contributed by atoms with Crippen LogP contribution in [0.25, 0.3) is 6.08 Å². The second-order valence-electron chi connectivity index (χ2n) is 7.99. The van der Waals surface area contributed by atoms with Crippen LogP contribution in [0.5, 0.6) is 5.75 Å². The molecule has 0 radical (unpaired) electrons. The largest absolute Gasteiger partial charge is 0.379 e. The Labute approximate surface area is 221 Å². The number of amides is 3. The van der Waals surface area contributed by atoms with E-state index in [0.29, 0.717) is 28.6 Å². The molecule has 0 aromatic heterocycles. The maximum Gasteiger partial charge on any atom is 0.339 e. The number of imide groups is 1. The van der Waals surface area contributed by atoms with E-state index in [9.17, 15) is 32.9 Å². The van der Waals surface area contributed by atoms with Gasteiger partial charge >= 0.3 is 10.1 Å². The van der Waals surface area contributed by atoms with Crippen molar-refractivity contribution >= 4 is 56.4 Å². The van der Waals surface area contributed by atoms with Gasteiger partial charge in [-0.05, 0) is 60.7 Å². The summed E-state index contributed by atoms with van der Waals surface area (Å²) in [5, 5.41) is 13.1. The van der Waals surface area contributed by atoms with Gasteiger partial charge in [-0.3, -0.25) is 29.4 Å². The number of benzene rings is 3. The quantitative estimate of drug-likeness (QED) is 0.186. The number of para-hydroxylation sites is 1. The Morgan fingerprint density at radius 1 is 1.08 bits per heavy atom. The first-order chi connectivity index (χ1) is 18.0. The maximum absolute atomic E-state index is 12.7. The molecule has 1 N–H and O–H groups in total. The van der Waals surface area contributed by atoms with Crippen molar-refractivity contribution in [1.29, 1.82) is 0 Å². The normalized spacial score (nSPS) is 14.6. The van der Waals surface area contributed by atoms with Crippen LogP contribution in [0.15, 0.2) is 82.6 Å². The fourth-order valence-electron chi connectivity index (χ4n) is 3.39. The monoisotopic (exact) mass is 553 g/mol. The Hall–Kier alpha value is -4.49. The van der Waals surface area contributed by atoms with Gasteiger partial charge in [0.15, 0.2) is 0 Å². The van der Waals surface area contributed by atoms with E-state index in [-0.39, 0.29) is 21.2 Å². The number of nitrogens with one attached hydrogen (secondary N) is 1. The molecule has 0 unspecified atom stereocenters. The standard InChI is InChI=1S/C25H19N3O8S2/c1-16-7-12-20(14-21(16)28(32)33)38(34,35)36-19-10-8-17(9-11-19)13-22-24(30)27(25(31)37-22)15-23(29)26-18-5-3-2-4-6-18/h2-14H,15H2,1H3,(H,26,29)/b22-13-. The van der Waals surface area contributed by atoms with Crippen LogP contribution in [0.4, 0.5) is 16.2 Å². The van der Waals surface area contributed by atoms with Gasteiger partial charge in [-0.2, -0.15) is 8.42 Å². The van der Waals surface area contributed by atoms with Gasteiger partial charge in [-0.15, -0.1) is 0 Å². The summed E-state index contributed by atoms with van der Waals surface area (Å²) in [6.07, 6.45) is 1.43. The lowest BCUT2D eigenvalue weighted by Gasteiger charge is -2.12. The van der Waals surface area contributed by atoms with Crippen molar-refractivity contribution in [2.75, 3.05) is 11.9 Å². The second kappa shape index (κ2) is 10.9. The fourth-order valence-corrected chi connectivity index (χ4v) is 5.18. The van der Waals surface area contributed by atoms with E-state index in [1.54, 1.807) is 30.3 Å². The molecule has 1 saturated heterocycles. The van der Waals surface area contributed by atoms with Crippen molar-refractivity contribution in [2.24, 2.45) is 0 Å². The number of carbonyl (C=O) groups excluding carboxylic acids is 3. The molecule has 1 heterocycles. The Morgan fingerprint density at radius 2 is 1.76 bits per heavy atom. The molecular formula is C25H19N3O8S2. The van der Waals surface area contributed by atoms with Crippen LogP contribution >= 0.6 is 11.8 Å². The molecule has 13 heteroatoms. The smallest absolute Gasteiger partial charge is 0.339 e. The predicted octanol–water partition coefficient (Wildman–Crippen LogP) is 4.35. The molecule has 3 amide bonds. The molecule has 1 aliphatic heterocycles. The molecule has 11 nitrogen and oxygen atoms in total. The summed E-state index contributed by atoms with van der Waals surface area (Å²) in [4.78, 5) is 48.3. The van der Waals surface area contributed by atoms with Gasteiger partial charge in [-0.1, -0.05) is 36.4 Å². The molecule has 0 aliphatic carbocycles. The summed E-state index contributed by atoms with van der Waals surface area (Å²) < 4.78 is 30.3. The summed E-state index contributed by atoms with van der Waals surface area (Å²) in [5.41, 5.74) is 0.959. The molecule has 1 fully saturated rings. The molecule has 1 aliphatic rings. The first-order valence-electron chi connectivity index (χ1n) is 10.9. The highest BCUT2D eigenvalue weighted by Gasteiger charge is 2.36. The second-order valence-corrected chi connectivity index (χ2v) is 10.5. The Bertz CT molecular complexity index is 1570. The van der Waals surface area contributed by atoms with E-state index in [4.69, 9.17) is 4.18 Å². The highest BCUT2D eigenvalue weighted by molar-refractivity contribution is 8.18. The molecule has 0 bridgehead atoms. The number of thioether (sulfide) groups is 1. The van der Waals surface area contributed by atoms with Crippen LogP contribution in [-0.4, -0.2) is 41.8 Å². The number of aryl methyl sites for hydroxylation is 1. The molecule has 4 rings (SSSR count). The van der Waals surface area contributed by atoms with E-state index in [2.05, 4.69) is 5.32 Å². The lowest BCUT2D eigenvalue weighted by molar-refractivity contribution is -0.385. The zero-order valence-electron chi connectivity index (χ0n) is 19.7. The highest BCUT2D eigenvalue weighted by Crippen LogP contribution is 2.32. The van der Waals surface area contributed by atoms with Crippen LogP contribution in [0.2, 0.25) is 0 Å². The van der Waals surface area contributed by atoms with Gasteiger partial charge in [0.1, 0.15) is 17.2 Å². The van der Waals surface area contributed by atoms with Crippen LogP contribution < -0.4 is 9.50 Å². The van der Waals surface area contributed by atoms with Crippen molar-refractivity contribution in [1.82, 2.24) is 4.90 Å². The molecule has 3 aromatic rings. The zero-order chi connectivity index (χ0) is 27.4. The first kappa shape index (κ1) is 26.6. The zero-order valence-corrected chi connectivity index (χ0v) is 21.3. The van der Waals surface area contributed by atoms with E-state index >= 15 is 0 Å². The van der Waals surface area contributed by atoms with E-state index in [0.717, 1.165) is 11.0 Å². The van der Waals surface area contributed by atoms with Gasteiger partial charge in [0.2, 0.25) is 5.91 Å². The van der Waals surface area contributed by atoms with Gasteiger partial charge < -0.3 is 9.50 Å².